The van der Waals surface area contributed by atoms with Gasteiger partial charge in [-0.1, -0.05) is 11.6 Å². The van der Waals surface area contributed by atoms with Crippen molar-refractivity contribution in [3.05, 3.63) is 22.5 Å². The number of nitrogen functional groups attached to an aromatic ring is 1. The average molecular weight is 176 g/mol. The van der Waals surface area contributed by atoms with Crippen molar-refractivity contribution in [1.82, 2.24) is 0 Å². The van der Waals surface area contributed by atoms with Gasteiger partial charge in [-0.3, -0.25) is 0 Å². The number of hydrogen-bond donors (Lipinski definition) is 2. The summed E-state index contributed by atoms with van der Waals surface area (Å²) in [5.74, 6) is -1.33. The minimum absolute atomic E-state index is 0.107. The summed E-state index contributed by atoms with van der Waals surface area (Å²) in [7, 11) is 0. The fraction of sp³-hybridized carbons (Fsp3) is 0.143. The number of hydrogen-bond acceptors (Lipinski definition) is 2. The SMILES string of the molecule is Cc1cc(F)c(O)c(N)c1Cl. The molecule has 1 aromatic rings. The lowest BCUT2D eigenvalue weighted by Gasteiger charge is -2.04. The largest absolute Gasteiger partial charge is 0.503 e. The number of anilines is 1. The molecule has 0 heterocycles. The van der Waals surface area contributed by atoms with E-state index >= 15 is 0 Å². The molecule has 0 aliphatic rings. The molecule has 0 bridgehead atoms. The molecule has 4 heteroatoms. The zero-order valence-corrected chi connectivity index (χ0v) is 6.61. The highest BCUT2D eigenvalue weighted by molar-refractivity contribution is 6.34. The van der Waals surface area contributed by atoms with E-state index in [1.54, 1.807) is 6.92 Å². The summed E-state index contributed by atoms with van der Waals surface area (Å²) >= 11 is 5.60. The van der Waals surface area contributed by atoms with E-state index in [0.717, 1.165) is 6.07 Å². The summed E-state index contributed by atoms with van der Waals surface area (Å²) in [6.45, 7) is 1.61. The van der Waals surface area contributed by atoms with E-state index in [9.17, 15) is 4.39 Å². The van der Waals surface area contributed by atoms with Crippen molar-refractivity contribution in [3.8, 4) is 5.75 Å². The third-order valence-electron chi connectivity index (χ3n) is 1.41. The third-order valence-corrected chi connectivity index (χ3v) is 1.91. The van der Waals surface area contributed by atoms with Gasteiger partial charge in [0, 0.05) is 0 Å². The first-order valence-corrected chi connectivity index (χ1v) is 3.35. The van der Waals surface area contributed by atoms with Gasteiger partial charge in [-0.15, -0.1) is 0 Å². The highest BCUT2D eigenvalue weighted by atomic mass is 35.5. The van der Waals surface area contributed by atoms with Crippen molar-refractivity contribution < 1.29 is 9.50 Å². The monoisotopic (exact) mass is 175 g/mol. The lowest BCUT2D eigenvalue weighted by Crippen LogP contribution is -1.92. The zero-order chi connectivity index (χ0) is 8.59. The van der Waals surface area contributed by atoms with Gasteiger partial charge in [-0.05, 0) is 18.6 Å². The fourth-order valence-corrected chi connectivity index (χ4v) is 0.911. The topological polar surface area (TPSA) is 46.2 Å². The van der Waals surface area contributed by atoms with Crippen LogP contribution in [-0.2, 0) is 0 Å². The Hall–Kier alpha value is -0.960. The second-order valence-electron chi connectivity index (χ2n) is 2.25. The van der Waals surface area contributed by atoms with Gasteiger partial charge in [-0.2, -0.15) is 0 Å². The fourth-order valence-electron chi connectivity index (χ4n) is 0.767. The molecule has 0 unspecified atom stereocenters. The van der Waals surface area contributed by atoms with E-state index in [2.05, 4.69) is 0 Å². The molecule has 0 aliphatic carbocycles. The summed E-state index contributed by atoms with van der Waals surface area (Å²) in [6, 6.07) is 1.13. The van der Waals surface area contributed by atoms with Gasteiger partial charge in [0.15, 0.2) is 11.6 Å². The van der Waals surface area contributed by atoms with Crippen molar-refractivity contribution in [2.24, 2.45) is 0 Å². The lowest BCUT2D eigenvalue weighted by atomic mass is 10.2. The van der Waals surface area contributed by atoms with Crippen LogP contribution >= 0.6 is 11.6 Å². The number of phenolic OH excluding ortho intramolecular Hbond substituents is 1. The van der Waals surface area contributed by atoms with Crippen LogP contribution in [-0.4, -0.2) is 5.11 Å². The molecule has 0 spiro atoms. The minimum atomic E-state index is -0.746. The number of benzene rings is 1. The maximum Gasteiger partial charge on any atom is 0.176 e. The zero-order valence-electron chi connectivity index (χ0n) is 5.86. The molecule has 11 heavy (non-hydrogen) atoms. The normalized spacial score (nSPS) is 10.1. The van der Waals surface area contributed by atoms with Crippen molar-refractivity contribution in [1.29, 1.82) is 0 Å². The molecular formula is C7H7ClFNO. The van der Waals surface area contributed by atoms with E-state index in [4.69, 9.17) is 22.4 Å². The van der Waals surface area contributed by atoms with Crippen molar-refractivity contribution >= 4 is 17.3 Å². The van der Waals surface area contributed by atoms with Gasteiger partial charge in [0.25, 0.3) is 0 Å². The third kappa shape index (κ3) is 1.24. The molecule has 0 aromatic heterocycles. The van der Waals surface area contributed by atoms with Crippen LogP contribution in [0.4, 0.5) is 10.1 Å². The summed E-state index contributed by atoms with van der Waals surface area (Å²) in [5, 5.41) is 9.13. The summed E-state index contributed by atoms with van der Waals surface area (Å²) in [6.07, 6.45) is 0. The highest BCUT2D eigenvalue weighted by Crippen LogP contribution is 2.33. The maximum absolute atomic E-state index is 12.6. The molecule has 60 valence electrons. The Labute approximate surface area is 68.4 Å². The smallest absolute Gasteiger partial charge is 0.176 e. The maximum atomic E-state index is 12.6. The van der Waals surface area contributed by atoms with Gasteiger partial charge in [0.2, 0.25) is 0 Å². The molecule has 0 atom stereocenters. The standard InChI is InChI=1S/C7H7ClFNO/c1-3-2-4(9)7(11)6(10)5(3)8/h2,11H,10H2,1H3. The van der Waals surface area contributed by atoms with Gasteiger partial charge in [0.05, 0.1) is 10.7 Å². The van der Waals surface area contributed by atoms with Crippen LogP contribution in [0.15, 0.2) is 6.07 Å². The Bertz CT molecular complexity index is 275. The molecule has 2 nitrogen and oxygen atoms in total. The first-order valence-electron chi connectivity index (χ1n) is 2.97. The number of phenols is 1. The summed E-state index contributed by atoms with van der Waals surface area (Å²) < 4.78 is 12.6. The van der Waals surface area contributed by atoms with E-state index in [-0.39, 0.29) is 10.7 Å². The van der Waals surface area contributed by atoms with Crippen molar-refractivity contribution in [3.63, 3.8) is 0 Å². The Morgan fingerprint density at radius 1 is 1.64 bits per heavy atom. The molecule has 0 fully saturated rings. The summed E-state index contributed by atoms with van der Waals surface area (Å²) in [5.41, 5.74) is 5.67. The van der Waals surface area contributed by atoms with Gasteiger partial charge < -0.3 is 10.8 Å². The first kappa shape index (κ1) is 8.14. The molecule has 1 rings (SSSR count). The van der Waals surface area contributed by atoms with Crippen molar-refractivity contribution in [2.75, 3.05) is 5.73 Å². The van der Waals surface area contributed by atoms with Crippen LogP contribution in [0, 0.1) is 12.7 Å². The lowest BCUT2D eigenvalue weighted by molar-refractivity contribution is 0.435. The van der Waals surface area contributed by atoms with Crippen molar-refractivity contribution in [2.45, 2.75) is 6.92 Å². The van der Waals surface area contributed by atoms with Crippen LogP contribution in [0.5, 0.6) is 5.75 Å². The molecular weight excluding hydrogens is 169 g/mol. The van der Waals surface area contributed by atoms with Gasteiger partial charge in [0.1, 0.15) is 0 Å². The molecule has 0 amide bonds. The Balaban J connectivity index is 3.46. The van der Waals surface area contributed by atoms with E-state index < -0.39 is 11.6 Å². The van der Waals surface area contributed by atoms with E-state index in [1.165, 1.54) is 0 Å². The number of halogens is 2. The minimum Gasteiger partial charge on any atom is -0.503 e. The number of rotatable bonds is 0. The predicted molar refractivity (Wildman–Crippen MR) is 42.2 cm³/mol. The Kier molecular flexibility index (Phi) is 1.91. The molecule has 0 saturated carbocycles. The van der Waals surface area contributed by atoms with E-state index in [0.29, 0.717) is 5.56 Å². The first-order chi connectivity index (χ1) is 5.04. The molecule has 0 saturated heterocycles. The predicted octanol–water partition coefficient (Wildman–Crippen LogP) is 2.08. The number of nitrogens with two attached hydrogens (primary N) is 1. The average Bonchev–Trinajstić information content (AvgIpc) is 1.97. The van der Waals surface area contributed by atoms with Crippen LogP contribution < -0.4 is 5.73 Å². The highest BCUT2D eigenvalue weighted by Gasteiger charge is 2.10. The molecule has 0 radical (unpaired) electrons. The van der Waals surface area contributed by atoms with Gasteiger partial charge in [-0.25, -0.2) is 4.39 Å². The van der Waals surface area contributed by atoms with Gasteiger partial charge >= 0.3 is 0 Å². The Morgan fingerprint density at radius 3 is 2.73 bits per heavy atom. The van der Waals surface area contributed by atoms with E-state index in [1.807, 2.05) is 0 Å². The quantitative estimate of drug-likeness (QED) is 0.469. The number of aromatic hydroxyl groups is 1. The van der Waals surface area contributed by atoms with Crippen LogP contribution in [0.2, 0.25) is 5.02 Å². The molecule has 1 aromatic carbocycles. The van der Waals surface area contributed by atoms with Crippen LogP contribution in [0.1, 0.15) is 5.56 Å². The Morgan fingerprint density at radius 2 is 2.18 bits per heavy atom. The molecule has 3 N–H and O–H groups in total. The second-order valence-corrected chi connectivity index (χ2v) is 2.63. The second kappa shape index (κ2) is 2.58. The number of aryl methyl sites for hydroxylation is 1. The van der Waals surface area contributed by atoms with Crippen LogP contribution in [0.25, 0.3) is 0 Å². The molecule has 0 aliphatic heterocycles. The summed E-state index contributed by atoms with van der Waals surface area (Å²) in [4.78, 5) is 0. The van der Waals surface area contributed by atoms with Crippen LogP contribution in [0.3, 0.4) is 0 Å².